The molecule has 3 heterocycles. The third-order valence-corrected chi connectivity index (χ3v) is 5.49. The summed E-state index contributed by atoms with van der Waals surface area (Å²) in [6.45, 7) is 2.89. The summed E-state index contributed by atoms with van der Waals surface area (Å²) in [5, 5.41) is 6.79. The van der Waals surface area contributed by atoms with Crippen LogP contribution in [0.3, 0.4) is 0 Å². The average Bonchev–Trinajstić information content (AvgIpc) is 3.45. The number of hydrogen-bond acceptors (Lipinski definition) is 4. The Morgan fingerprint density at radius 2 is 2.03 bits per heavy atom. The van der Waals surface area contributed by atoms with Crippen molar-refractivity contribution < 1.29 is 4.39 Å². The van der Waals surface area contributed by atoms with E-state index in [2.05, 4.69) is 54.4 Å². The number of nitrogens with one attached hydrogen (secondary N) is 2. The van der Waals surface area contributed by atoms with E-state index in [0.29, 0.717) is 24.9 Å². The highest BCUT2D eigenvalue weighted by molar-refractivity contribution is 5.80. The van der Waals surface area contributed by atoms with E-state index in [0.717, 1.165) is 31.8 Å². The molecule has 2 aromatic heterocycles. The first-order valence-corrected chi connectivity index (χ1v) is 10.6. The Morgan fingerprint density at radius 1 is 1.16 bits per heavy atom. The van der Waals surface area contributed by atoms with E-state index in [1.165, 1.54) is 11.6 Å². The van der Waals surface area contributed by atoms with Crippen LogP contribution in [-0.2, 0) is 19.5 Å². The fourth-order valence-electron chi connectivity index (χ4n) is 3.84. The maximum absolute atomic E-state index is 14.0. The van der Waals surface area contributed by atoms with E-state index in [1.54, 1.807) is 19.3 Å². The van der Waals surface area contributed by atoms with Gasteiger partial charge in [0.1, 0.15) is 5.82 Å². The molecule has 0 saturated carbocycles. The zero-order valence-electron chi connectivity index (χ0n) is 17.7. The quantitative estimate of drug-likeness (QED) is 0.453. The predicted molar refractivity (Wildman–Crippen MR) is 121 cm³/mol. The maximum Gasteiger partial charge on any atom is 0.191 e. The average molecular weight is 422 g/mol. The van der Waals surface area contributed by atoms with Crippen LogP contribution >= 0.6 is 0 Å². The molecule has 2 N–H and O–H groups in total. The third-order valence-electron chi connectivity index (χ3n) is 5.49. The van der Waals surface area contributed by atoms with Crippen LogP contribution in [0.1, 0.15) is 17.8 Å². The van der Waals surface area contributed by atoms with Crippen molar-refractivity contribution in [1.82, 2.24) is 25.2 Å². The summed E-state index contributed by atoms with van der Waals surface area (Å²) in [6, 6.07) is 13.7. The Bertz CT molecular complexity index is 1000. The van der Waals surface area contributed by atoms with Gasteiger partial charge in [0, 0.05) is 51.3 Å². The van der Waals surface area contributed by atoms with E-state index >= 15 is 0 Å². The lowest BCUT2D eigenvalue weighted by atomic mass is 10.1. The fourth-order valence-corrected chi connectivity index (χ4v) is 3.84. The molecule has 1 aliphatic rings. The Balaban J connectivity index is 1.28. The van der Waals surface area contributed by atoms with Crippen LogP contribution in [0.4, 0.5) is 10.2 Å². The first-order valence-electron chi connectivity index (χ1n) is 10.6. The summed E-state index contributed by atoms with van der Waals surface area (Å²) in [7, 11) is 1.75. The summed E-state index contributed by atoms with van der Waals surface area (Å²) in [5.74, 6) is 1.80. The number of rotatable bonds is 7. The Kier molecular flexibility index (Phi) is 6.76. The summed E-state index contributed by atoms with van der Waals surface area (Å²) in [4.78, 5) is 15.0. The molecule has 8 heteroatoms. The van der Waals surface area contributed by atoms with Gasteiger partial charge in [0.15, 0.2) is 17.6 Å². The number of imidazole rings is 1. The van der Waals surface area contributed by atoms with Gasteiger partial charge in [-0.15, -0.1) is 0 Å². The van der Waals surface area contributed by atoms with E-state index in [1.807, 2.05) is 23.4 Å². The van der Waals surface area contributed by atoms with Gasteiger partial charge < -0.3 is 20.1 Å². The third kappa shape index (κ3) is 5.39. The van der Waals surface area contributed by atoms with Crippen LogP contribution in [-0.4, -0.2) is 46.7 Å². The zero-order valence-corrected chi connectivity index (χ0v) is 17.7. The van der Waals surface area contributed by atoms with Crippen LogP contribution in [0.25, 0.3) is 0 Å². The number of nitrogens with zero attached hydrogens (tertiary/aromatic N) is 5. The normalized spacial score (nSPS) is 16.5. The molecule has 4 rings (SSSR count). The summed E-state index contributed by atoms with van der Waals surface area (Å²) >= 11 is 0. The molecule has 1 fully saturated rings. The molecule has 1 atom stereocenters. The molecule has 0 radical (unpaired) electrons. The minimum absolute atomic E-state index is 0.172. The number of guanidine groups is 1. The molecule has 0 amide bonds. The summed E-state index contributed by atoms with van der Waals surface area (Å²) in [6.07, 6.45) is 7.31. The van der Waals surface area contributed by atoms with Gasteiger partial charge in [-0.25, -0.2) is 14.4 Å². The van der Waals surface area contributed by atoms with Gasteiger partial charge in [-0.2, -0.15) is 0 Å². The van der Waals surface area contributed by atoms with Crippen LogP contribution in [0.5, 0.6) is 0 Å². The van der Waals surface area contributed by atoms with Gasteiger partial charge in [0.25, 0.3) is 0 Å². The second-order valence-corrected chi connectivity index (χ2v) is 7.58. The van der Waals surface area contributed by atoms with Gasteiger partial charge in [0.05, 0.1) is 6.54 Å². The number of aromatic nitrogens is 3. The standard InChI is InChI=1S/C23H28FN7/c1-25-23(29-19-10-14-31(17-19)22-20(24)8-5-11-27-22)28-16-21-26-12-15-30(21)13-9-18-6-3-2-4-7-18/h2-8,11-12,15,19H,9-10,13-14,16-17H2,1H3,(H2,25,28,29). The Labute approximate surface area is 182 Å². The van der Waals surface area contributed by atoms with E-state index in [-0.39, 0.29) is 11.9 Å². The Morgan fingerprint density at radius 3 is 2.84 bits per heavy atom. The van der Waals surface area contributed by atoms with Crippen molar-refractivity contribution in [2.75, 3.05) is 25.0 Å². The van der Waals surface area contributed by atoms with Crippen molar-refractivity contribution in [2.45, 2.75) is 32.0 Å². The van der Waals surface area contributed by atoms with Crippen molar-refractivity contribution in [2.24, 2.45) is 4.99 Å². The molecular formula is C23H28FN7. The lowest BCUT2D eigenvalue weighted by molar-refractivity contribution is 0.609. The van der Waals surface area contributed by atoms with Crippen molar-refractivity contribution in [3.8, 4) is 0 Å². The van der Waals surface area contributed by atoms with Gasteiger partial charge in [-0.1, -0.05) is 30.3 Å². The number of aliphatic imine (C=N–C) groups is 1. The van der Waals surface area contributed by atoms with Gasteiger partial charge >= 0.3 is 0 Å². The number of halogens is 1. The van der Waals surface area contributed by atoms with Gasteiger partial charge in [0.2, 0.25) is 0 Å². The van der Waals surface area contributed by atoms with Gasteiger partial charge in [-0.05, 0) is 30.5 Å². The topological polar surface area (TPSA) is 70.4 Å². The molecule has 0 aliphatic carbocycles. The van der Waals surface area contributed by atoms with E-state index in [9.17, 15) is 4.39 Å². The lowest BCUT2D eigenvalue weighted by Crippen LogP contribution is -2.44. The smallest absolute Gasteiger partial charge is 0.191 e. The predicted octanol–water partition coefficient (Wildman–Crippen LogP) is 2.60. The van der Waals surface area contributed by atoms with Crippen LogP contribution < -0.4 is 15.5 Å². The number of aryl methyl sites for hydroxylation is 2. The number of benzene rings is 1. The van der Waals surface area contributed by atoms with Crippen molar-refractivity contribution in [3.05, 3.63) is 78.3 Å². The first-order chi connectivity index (χ1) is 15.2. The fraction of sp³-hybridized carbons (Fsp3) is 0.348. The number of hydrogen-bond donors (Lipinski definition) is 2. The van der Waals surface area contributed by atoms with Crippen LogP contribution in [0.2, 0.25) is 0 Å². The minimum atomic E-state index is -0.284. The van der Waals surface area contributed by atoms with Crippen molar-refractivity contribution >= 4 is 11.8 Å². The maximum atomic E-state index is 14.0. The van der Waals surface area contributed by atoms with Crippen molar-refractivity contribution in [3.63, 3.8) is 0 Å². The first kappa shape index (κ1) is 20.8. The molecule has 31 heavy (non-hydrogen) atoms. The van der Waals surface area contributed by atoms with E-state index < -0.39 is 0 Å². The van der Waals surface area contributed by atoms with Crippen LogP contribution in [0.15, 0.2) is 66.0 Å². The van der Waals surface area contributed by atoms with E-state index in [4.69, 9.17) is 0 Å². The molecule has 1 aliphatic heterocycles. The second-order valence-electron chi connectivity index (χ2n) is 7.58. The van der Waals surface area contributed by atoms with Gasteiger partial charge in [-0.3, -0.25) is 4.99 Å². The minimum Gasteiger partial charge on any atom is -0.352 e. The van der Waals surface area contributed by atoms with Crippen LogP contribution in [0, 0.1) is 5.82 Å². The highest BCUT2D eigenvalue weighted by Gasteiger charge is 2.26. The molecule has 1 unspecified atom stereocenters. The SMILES string of the molecule is CN=C(NCc1nccn1CCc1ccccc1)NC1CCN(c2ncccc2F)C1. The molecule has 1 aromatic carbocycles. The zero-order chi connectivity index (χ0) is 21.5. The lowest BCUT2D eigenvalue weighted by Gasteiger charge is -2.20. The molecule has 7 nitrogen and oxygen atoms in total. The highest BCUT2D eigenvalue weighted by Crippen LogP contribution is 2.20. The highest BCUT2D eigenvalue weighted by atomic mass is 19.1. The number of anilines is 1. The summed E-state index contributed by atoms with van der Waals surface area (Å²) < 4.78 is 16.2. The Hall–Kier alpha value is -3.42. The number of pyridine rings is 1. The molecular weight excluding hydrogens is 393 g/mol. The molecule has 1 saturated heterocycles. The second kappa shape index (κ2) is 10.1. The molecule has 0 bridgehead atoms. The van der Waals surface area contributed by atoms with Crippen molar-refractivity contribution in [1.29, 1.82) is 0 Å². The molecule has 3 aromatic rings. The molecule has 162 valence electrons. The largest absolute Gasteiger partial charge is 0.352 e. The monoisotopic (exact) mass is 421 g/mol. The molecule has 0 spiro atoms. The summed E-state index contributed by atoms with van der Waals surface area (Å²) in [5.41, 5.74) is 1.31.